The second-order valence-electron chi connectivity index (χ2n) is 11.1. The number of carbonyl (C=O) groups excluding carboxylic acids is 2. The third kappa shape index (κ3) is 7.92. The highest BCUT2D eigenvalue weighted by atomic mass is 32.1. The van der Waals surface area contributed by atoms with E-state index < -0.39 is 5.92 Å². The van der Waals surface area contributed by atoms with Crippen LogP contribution >= 0.6 is 22.7 Å². The monoisotopic (exact) mass is 655 g/mol. The van der Waals surface area contributed by atoms with Crippen molar-refractivity contribution >= 4 is 45.4 Å². The zero-order valence-electron chi connectivity index (χ0n) is 24.4. The van der Waals surface area contributed by atoms with Crippen molar-refractivity contribution in [3.05, 3.63) is 62.8 Å². The molecule has 45 heavy (non-hydrogen) atoms. The van der Waals surface area contributed by atoms with Gasteiger partial charge in [-0.25, -0.2) is 18.7 Å². The standard InChI is InChI=1S/C29H31F2N9O3S2/c1-43-24-9-8-17(13-33-24)10-23(42)35-28-39-38-27(45-28)19-5-2-4-18(11-19)26-37-36-25(44-26)14-32-22(41)12-20-6-3-7-21(34-20)40-15-29(30,31)16-40/h3,6-9,13,18-19H,2,4-5,10-12,14-16H2,1H3,(H,32,41)(H,35,39,42)/t18-,19-/m0/s1. The number of ether oxygens (including phenoxy) is 1. The van der Waals surface area contributed by atoms with E-state index in [-0.39, 0.29) is 56.1 Å². The summed E-state index contributed by atoms with van der Waals surface area (Å²) in [7, 11) is 1.54. The number of halogens is 2. The Hall–Kier alpha value is -4.18. The van der Waals surface area contributed by atoms with Crippen LogP contribution in [0.5, 0.6) is 5.88 Å². The summed E-state index contributed by atoms with van der Waals surface area (Å²) in [6.07, 6.45) is 5.65. The molecular formula is C29H31F2N9O3S2. The van der Waals surface area contributed by atoms with Crippen molar-refractivity contribution in [1.29, 1.82) is 0 Å². The Bertz CT molecular complexity index is 1640. The van der Waals surface area contributed by atoms with Gasteiger partial charge in [0.2, 0.25) is 22.8 Å². The number of nitrogens with one attached hydrogen (secondary N) is 2. The summed E-state index contributed by atoms with van der Waals surface area (Å²) in [5, 5.41) is 26.0. The smallest absolute Gasteiger partial charge is 0.282 e. The number of hydrogen-bond donors (Lipinski definition) is 2. The van der Waals surface area contributed by atoms with Crippen LogP contribution in [0, 0.1) is 0 Å². The number of pyridine rings is 2. The fraction of sp³-hybridized carbons (Fsp3) is 0.448. The van der Waals surface area contributed by atoms with E-state index in [0.29, 0.717) is 27.5 Å². The Morgan fingerprint density at radius 1 is 1.00 bits per heavy atom. The van der Waals surface area contributed by atoms with Crippen molar-refractivity contribution < 1.29 is 23.1 Å². The zero-order valence-corrected chi connectivity index (χ0v) is 26.0. The van der Waals surface area contributed by atoms with E-state index in [1.165, 1.54) is 34.7 Å². The minimum Gasteiger partial charge on any atom is -0.481 e. The lowest BCUT2D eigenvalue weighted by Crippen LogP contribution is -2.56. The van der Waals surface area contributed by atoms with E-state index in [1.54, 1.807) is 36.5 Å². The van der Waals surface area contributed by atoms with Gasteiger partial charge in [0.15, 0.2) is 0 Å². The molecule has 0 spiro atoms. The second-order valence-corrected chi connectivity index (χ2v) is 13.2. The molecule has 2 N–H and O–H groups in total. The number of methoxy groups -OCH3 is 1. The summed E-state index contributed by atoms with van der Waals surface area (Å²) in [6, 6.07) is 8.61. The Morgan fingerprint density at radius 2 is 1.78 bits per heavy atom. The van der Waals surface area contributed by atoms with Crippen LogP contribution in [-0.2, 0) is 29.0 Å². The van der Waals surface area contributed by atoms with E-state index in [9.17, 15) is 18.4 Å². The molecule has 2 amide bonds. The van der Waals surface area contributed by atoms with Crippen LogP contribution in [0.2, 0.25) is 0 Å². The molecule has 1 aliphatic carbocycles. The predicted octanol–water partition coefficient (Wildman–Crippen LogP) is 4.13. The van der Waals surface area contributed by atoms with Gasteiger partial charge in [0, 0.05) is 24.1 Å². The normalized spacial score (nSPS) is 19.0. The first kappa shape index (κ1) is 30.8. The van der Waals surface area contributed by atoms with Crippen molar-refractivity contribution in [3.8, 4) is 5.88 Å². The lowest BCUT2D eigenvalue weighted by atomic mass is 9.82. The maximum Gasteiger partial charge on any atom is 0.282 e. The molecule has 4 aromatic rings. The van der Waals surface area contributed by atoms with Gasteiger partial charge in [0.1, 0.15) is 20.8 Å². The van der Waals surface area contributed by atoms with Crippen molar-refractivity contribution in [3.63, 3.8) is 0 Å². The number of alkyl halides is 2. The Kier molecular flexibility index (Phi) is 9.21. The minimum atomic E-state index is -2.69. The number of carbonyl (C=O) groups is 2. The molecule has 0 unspecified atom stereocenters. The van der Waals surface area contributed by atoms with Crippen LogP contribution in [0.4, 0.5) is 19.7 Å². The van der Waals surface area contributed by atoms with Gasteiger partial charge in [0.05, 0.1) is 45.3 Å². The highest BCUT2D eigenvalue weighted by Gasteiger charge is 2.44. The van der Waals surface area contributed by atoms with Crippen molar-refractivity contribution in [2.24, 2.45) is 0 Å². The maximum atomic E-state index is 13.2. The first-order chi connectivity index (χ1) is 21.7. The molecule has 16 heteroatoms. The summed E-state index contributed by atoms with van der Waals surface area (Å²) < 4.78 is 31.5. The lowest BCUT2D eigenvalue weighted by molar-refractivity contribution is -0.120. The third-order valence-electron chi connectivity index (χ3n) is 7.65. The molecule has 12 nitrogen and oxygen atoms in total. The number of amides is 2. The second kappa shape index (κ2) is 13.4. The van der Waals surface area contributed by atoms with E-state index in [4.69, 9.17) is 4.74 Å². The fourth-order valence-electron chi connectivity index (χ4n) is 5.39. The number of nitrogens with zero attached hydrogens (tertiary/aromatic N) is 7. The lowest BCUT2D eigenvalue weighted by Gasteiger charge is -2.39. The Morgan fingerprint density at radius 3 is 2.51 bits per heavy atom. The molecule has 2 aliphatic rings. The largest absolute Gasteiger partial charge is 0.481 e. The van der Waals surface area contributed by atoms with Crippen LogP contribution < -0.4 is 20.3 Å². The highest BCUT2D eigenvalue weighted by Crippen LogP contribution is 2.43. The average molecular weight is 656 g/mol. The molecular weight excluding hydrogens is 625 g/mol. The van der Waals surface area contributed by atoms with Gasteiger partial charge in [-0.3, -0.25) is 9.59 Å². The number of hydrogen-bond acceptors (Lipinski definition) is 12. The van der Waals surface area contributed by atoms with Crippen LogP contribution in [0.1, 0.15) is 63.8 Å². The summed E-state index contributed by atoms with van der Waals surface area (Å²) >= 11 is 2.88. The Balaban J connectivity index is 0.973. The summed E-state index contributed by atoms with van der Waals surface area (Å²) in [6.45, 7) is -0.473. The average Bonchev–Trinajstić information content (AvgIpc) is 3.70. The van der Waals surface area contributed by atoms with Gasteiger partial charge in [-0.1, -0.05) is 41.2 Å². The molecule has 0 bridgehead atoms. The quantitative estimate of drug-likeness (QED) is 0.242. The molecule has 236 valence electrons. The zero-order chi connectivity index (χ0) is 31.4. The number of rotatable bonds is 11. The fourth-order valence-corrected chi connectivity index (χ4v) is 7.23. The molecule has 0 radical (unpaired) electrons. The van der Waals surface area contributed by atoms with E-state index >= 15 is 0 Å². The first-order valence-corrected chi connectivity index (χ1v) is 16.2. The van der Waals surface area contributed by atoms with Gasteiger partial charge in [0.25, 0.3) is 5.92 Å². The topological polar surface area (TPSA) is 148 Å². The van der Waals surface area contributed by atoms with Gasteiger partial charge >= 0.3 is 0 Å². The van der Waals surface area contributed by atoms with E-state index in [0.717, 1.165) is 41.3 Å². The SMILES string of the molecule is COc1ccc(CC(=O)Nc2nnc([C@H]3CCC[C@H](c4nnc(CNC(=O)Cc5cccc(N6CC(F)(F)C6)n5)s4)C3)s2)cn1. The molecule has 1 saturated heterocycles. The predicted molar refractivity (Wildman–Crippen MR) is 164 cm³/mol. The summed E-state index contributed by atoms with van der Waals surface area (Å²) in [5.74, 6) is -1.75. The van der Waals surface area contributed by atoms with Crippen LogP contribution in [0.15, 0.2) is 36.5 Å². The highest BCUT2D eigenvalue weighted by molar-refractivity contribution is 7.15. The molecule has 0 aromatic carbocycles. The number of aromatic nitrogens is 6. The molecule has 2 atom stereocenters. The molecule has 4 aromatic heterocycles. The van der Waals surface area contributed by atoms with Gasteiger partial charge < -0.3 is 20.3 Å². The molecule has 2 fully saturated rings. The molecule has 1 aliphatic heterocycles. The van der Waals surface area contributed by atoms with Crippen LogP contribution in [0.25, 0.3) is 0 Å². The molecule has 6 rings (SSSR count). The molecule has 1 saturated carbocycles. The Labute approximate surface area is 265 Å². The van der Waals surface area contributed by atoms with Crippen LogP contribution in [0.3, 0.4) is 0 Å². The summed E-state index contributed by atoms with van der Waals surface area (Å²) in [4.78, 5) is 35.1. The van der Waals surface area contributed by atoms with Crippen molar-refractivity contribution in [2.45, 2.75) is 62.8 Å². The number of anilines is 2. The van der Waals surface area contributed by atoms with Crippen molar-refractivity contribution in [2.75, 3.05) is 30.4 Å². The maximum absolute atomic E-state index is 13.2. The van der Waals surface area contributed by atoms with E-state index in [1.807, 2.05) is 0 Å². The molecule has 5 heterocycles. The minimum absolute atomic E-state index is 0.0387. The van der Waals surface area contributed by atoms with Crippen molar-refractivity contribution in [1.82, 2.24) is 35.7 Å². The van der Waals surface area contributed by atoms with Crippen LogP contribution in [-0.4, -0.2) is 68.3 Å². The van der Waals surface area contributed by atoms with Gasteiger partial charge in [-0.05, 0) is 37.0 Å². The third-order valence-corrected chi connectivity index (χ3v) is 9.74. The van der Waals surface area contributed by atoms with Gasteiger partial charge in [-0.2, -0.15) is 0 Å². The first-order valence-electron chi connectivity index (χ1n) is 14.5. The summed E-state index contributed by atoms with van der Waals surface area (Å²) in [5.41, 5.74) is 1.28. The van der Waals surface area contributed by atoms with E-state index in [2.05, 4.69) is 41.0 Å². The van der Waals surface area contributed by atoms with Gasteiger partial charge in [-0.15, -0.1) is 20.4 Å².